The highest BCUT2D eigenvalue weighted by Crippen LogP contribution is 2.25. The molecule has 146 valence electrons. The third kappa shape index (κ3) is 6.98. The Hall–Kier alpha value is -0.960. The highest BCUT2D eigenvalue weighted by molar-refractivity contribution is 14.0. The van der Waals surface area contributed by atoms with Gasteiger partial charge < -0.3 is 15.5 Å². The predicted molar refractivity (Wildman–Crippen MR) is 123 cm³/mol. The number of carbonyl (C=O) groups excluding carboxylic acids is 1. The fraction of sp³-hybridized carbons (Fsp3) is 0.579. The molecule has 1 aliphatic heterocycles. The van der Waals surface area contributed by atoms with Crippen molar-refractivity contribution >= 4 is 47.6 Å². The molecule has 1 aromatic carbocycles. The van der Waals surface area contributed by atoms with Crippen LogP contribution in [0.5, 0.6) is 0 Å². The topological polar surface area (TPSA) is 56.7 Å². The molecule has 0 saturated carbocycles. The average Bonchev–Trinajstić information content (AvgIpc) is 3.17. The molecule has 26 heavy (non-hydrogen) atoms. The van der Waals surface area contributed by atoms with Crippen molar-refractivity contribution in [2.45, 2.75) is 38.5 Å². The Morgan fingerprint density at radius 2 is 1.92 bits per heavy atom. The Morgan fingerprint density at radius 1 is 1.23 bits per heavy atom. The molecule has 1 heterocycles. The van der Waals surface area contributed by atoms with E-state index in [0.717, 1.165) is 36.7 Å². The third-order valence-corrected chi connectivity index (χ3v) is 5.85. The lowest BCUT2D eigenvalue weighted by atomic mass is 10.1. The van der Waals surface area contributed by atoms with Crippen LogP contribution in [0.15, 0.2) is 29.3 Å². The second kappa shape index (κ2) is 12.4. The summed E-state index contributed by atoms with van der Waals surface area (Å²) in [5.41, 5.74) is 1.88. The number of guanidine groups is 1. The quantitative estimate of drug-likeness (QED) is 0.350. The van der Waals surface area contributed by atoms with E-state index in [0.29, 0.717) is 11.8 Å². The molecule has 1 atom stereocenters. The summed E-state index contributed by atoms with van der Waals surface area (Å²) in [5, 5.41) is 7.43. The normalized spacial score (nSPS) is 16.7. The summed E-state index contributed by atoms with van der Waals surface area (Å²) in [6, 6.07) is 7.82. The first-order valence-electron chi connectivity index (χ1n) is 9.12. The SMILES string of the molecule is CCN(CC)C(=O)c1ccc(CNC(=NC)NCC2CCCS2)cc1.I. The van der Waals surface area contributed by atoms with Crippen molar-refractivity contribution in [1.82, 2.24) is 15.5 Å². The van der Waals surface area contributed by atoms with E-state index in [9.17, 15) is 4.79 Å². The third-order valence-electron chi connectivity index (χ3n) is 4.46. The summed E-state index contributed by atoms with van der Waals surface area (Å²) >= 11 is 2.04. The van der Waals surface area contributed by atoms with Gasteiger partial charge in [0.15, 0.2) is 5.96 Å². The van der Waals surface area contributed by atoms with Crippen molar-refractivity contribution < 1.29 is 4.79 Å². The molecule has 2 N–H and O–H groups in total. The summed E-state index contributed by atoms with van der Waals surface area (Å²) < 4.78 is 0. The number of hydrogen-bond donors (Lipinski definition) is 2. The first kappa shape index (κ1) is 23.1. The number of nitrogens with one attached hydrogen (secondary N) is 2. The summed E-state index contributed by atoms with van der Waals surface area (Å²) in [7, 11) is 1.79. The number of carbonyl (C=O) groups is 1. The van der Waals surface area contributed by atoms with Crippen molar-refractivity contribution in [3.63, 3.8) is 0 Å². The molecular formula is C19H31IN4OS. The van der Waals surface area contributed by atoms with Crippen LogP contribution in [-0.4, -0.2) is 54.5 Å². The van der Waals surface area contributed by atoms with Crippen molar-refractivity contribution in [1.29, 1.82) is 0 Å². The van der Waals surface area contributed by atoms with Gasteiger partial charge in [-0.1, -0.05) is 12.1 Å². The molecular weight excluding hydrogens is 459 g/mol. The maximum absolute atomic E-state index is 12.3. The first-order chi connectivity index (χ1) is 12.2. The standard InChI is InChI=1S/C19H30N4OS.HI/c1-4-23(5-2)18(24)16-10-8-15(9-11-16)13-21-19(20-3)22-14-17-7-6-12-25-17;/h8-11,17H,4-7,12-14H2,1-3H3,(H2,20,21,22);1H. The molecule has 5 nitrogen and oxygen atoms in total. The van der Waals surface area contributed by atoms with Crippen molar-refractivity contribution in [2.24, 2.45) is 4.99 Å². The fourth-order valence-electron chi connectivity index (χ4n) is 2.88. The molecule has 0 radical (unpaired) electrons. The number of halogens is 1. The second-order valence-corrected chi connectivity index (χ2v) is 7.52. The number of hydrogen-bond acceptors (Lipinski definition) is 3. The van der Waals surface area contributed by atoms with Crippen LogP contribution in [-0.2, 0) is 6.54 Å². The van der Waals surface area contributed by atoms with Crippen molar-refractivity contribution in [3.05, 3.63) is 35.4 Å². The van der Waals surface area contributed by atoms with E-state index in [4.69, 9.17) is 0 Å². The van der Waals surface area contributed by atoms with Crippen LogP contribution in [0.25, 0.3) is 0 Å². The summed E-state index contributed by atoms with van der Waals surface area (Å²) in [6.45, 7) is 7.13. The Bertz CT molecular complexity index is 569. The monoisotopic (exact) mass is 490 g/mol. The lowest BCUT2D eigenvalue weighted by Gasteiger charge is -2.18. The lowest BCUT2D eigenvalue weighted by molar-refractivity contribution is 0.0773. The number of nitrogens with zero attached hydrogens (tertiary/aromatic N) is 2. The predicted octanol–water partition coefficient (Wildman–Crippen LogP) is 3.35. The second-order valence-electron chi connectivity index (χ2n) is 6.12. The van der Waals surface area contributed by atoms with Gasteiger partial charge in [-0.25, -0.2) is 0 Å². The smallest absolute Gasteiger partial charge is 0.253 e. The van der Waals surface area contributed by atoms with Crippen LogP contribution in [0.1, 0.15) is 42.6 Å². The van der Waals surface area contributed by atoms with Gasteiger partial charge >= 0.3 is 0 Å². The molecule has 1 saturated heterocycles. The van der Waals surface area contributed by atoms with Gasteiger partial charge in [-0.15, -0.1) is 24.0 Å². The zero-order valence-electron chi connectivity index (χ0n) is 16.0. The van der Waals surface area contributed by atoms with E-state index in [1.54, 1.807) is 7.05 Å². The van der Waals surface area contributed by atoms with Gasteiger partial charge in [0.25, 0.3) is 5.91 Å². The minimum absolute atomic E-state index is 0. The lowest BCUT2D eigenvalue weighted by Crippen LogP contribution is -2.39. The average molecular weight is 490 g/mol. The van der Waals surface area contributed by atoms with E-state index in [1.807, 2.05) is 54.8 Å². The number of rotatable bonds is 7. The van der Waals surface area contributed by atoms with Crippen LogP contribution < -0.4 is 10.6 Å². The zero-order valence-corrected chi connectivity index (χ0v) is 19.1. The highest BCUT2D eigenvalue weighted by Gasteiger charge is 2.15. The molecule has 0 bridgehead atoms. The van der Waals surface area contributed by atoms with Crippen LogP contribution in [0.3, 0.4) is 0 Å². The van der Waals surface area contributed by atoms with E-state index >= 15 is 0 Å². The van der Waals surface area contributed by atoms with Gasteiger partial charge in [0.2, 0.25) is 0 Å². The largest absolute Gasteiger partial charge is 0.355 e. The van der Waals surface area contributed by atoms with Crippen LogP contribution in [0.4, 0.5) is 0 Å². The van der Waals surface area contributed by atoms with Gasteiger partial charge in [-0.3, -0.25) is 9.79 Å². The Kier molecular flexibility index (Phi) is 11.0. The van der Waals surface area contributed by atoms with Gasteiger partial charge in [-0.05, 0) is 50.1 Å². The molecule has 0 aromatic heterocycles. The first-order valence-corrected chi connectivity index (χ1v) is 10.2. The van der Waals surface area contributed by atoms with Crippen LogP contribution >= 0.6 is 35.7 Å². The van der Waals surface area contributed by atoms with E-state index in [1.165, 1.54) is 18.6 Å². The molecule has 0 aliphatic carbocycles. The molecule has 1 fully saturated rings. The van der Waals surface area contributed by atoms with Gasteiger partial charge in [0.1, 0.15) is 0 Å². The van der Waals surface area contributed by atoms with Crippen molar-refractivity contribution in [2.75, 3.05) is 32.4 Å². The molecule has 7 heteroatoms. The number of aliphatic imine (C=N–C) groups is 1. The minimum Gasteiger partial charge on any atom is -0.355 e. The maximum Gasteiger partial charge on any atom is 0.253 e. The zero-order chi connectivity index (χ0) is 18.1. The number of thioether (sulfide) groups is 1. The molecule has 1 amide bonds. The summed E-state index contributed by atoms with van der Waals surface area (Å²) in [6.07, 6.45) is 2.61. The van der Waals surface area contributed by atoms with Crippen molar-refractivity contribution in [3.8, 4) is 0 Å². The van der Waals surface area contributed by atoms with E-state index < -0.39 is 0 Å². The summed E-state index contributed by atoms with van der Waals surface area (Å²) in [4.78, 5) is 18.4. The van der Waals surface area contributed by atoms with Crippen LogP contribution in [0.2, 0.25) is 0 Å². The highest BCUT2D eigenvalue weighted by atomic mass is 127. The van der Waals surface area contributed by atoms with Gasteiger partial charge in [0.05, 0.1) is 0 Å². The molecule has 1 aromatic rings. The van der Waals surface area contributed by atoms with Gasteiger partial charge in [-0.2, -0.15) is 11.8 Å². The number of benzene rings is 1. The maximum atomic E-state index is 12.3. The summed E-state index contributed by atoms with van der Waals surface area (Å²) in [5.74, 6) is 2.20. The molecule has 1 unspecified atom stereocenters. The molecule has 0 spiro atoms. The van der Waals surface area contributed by atoms with E-state index in [2.05, 4.69) is 15.6 Å². The number of amides is 1. The Balaban J connectivity index is 0.00000338. The molecule has 2 rings (SSSR count). The fourth-order valence-corrected chi connectivity index (χ4v) is 4.08. The van der Waals surface area contributed by atoms with Gasteiger partial charge in [0, 0.05) is 44.0 Å². The minimum atomic E-state index is 0. The molecule has 1 aliphatic rings. The Morgan fingerprint density at radius 3 is 2.46 bits per heavy atom. The van der Waals surface area contributed by atoms with E-state index in [-0.39, 0.29) is 29.9 Å². The van der Waals surface area contributed by atoms with Crippen LogP contribution in [0, 0.1) is 0 Å². The Labute approximate surface area is 178 Å².